The van der Waals surface area contributed by atoms with Crippen molar-refractivity contribution < 1.29 is 4.39 Å². The predicted octanol–water partition coefficient (Wildman–Crippen LogP) is 5.16. The van der Waals surface area contributed by atoms with E-state index in [9.17, 15) is 4.39 Å². The van der Waals surface area contributed by atoms with Crippen LogP contribution in [0.2, 0.25) is 0 Å². The highest BCUT2D eigenvalue weighted by atomic mass is 79.9. The van der Waals surface area contributed by atoms with Crippen LogP contribution in [-0.2, 0) is 0 Å². The molecule has 0 amide bonds. The lowest BCUT2D eigenvalue weighted by atomic mass is 9.76. The molecule has 2 aromatic rings. The number of benzene rings is 2. The van der Waals surface area contributed by atoms with E-state index in [1.165, 1.54) is 36.5 Å². The molecule has 0 aromatic heterocycles. The lowest BCUT2D eigenvalue weighted by molar-refractivity contribution is 0.415. The summed E-state index contributed by atoms with van der Waals surface area (Å²) in [7, 11) is 1.93. The third-order valence-electron chi connectivity index (χ3n) is 4.41. The molecule has 1 fully saturated rings. The molecule has 1 atom stereocenters. The molecule has 0 spiro atoms. The molecule has 110 valence electrons. The van der Waals surface area contributed by atoms with Crippen LogP contribution in [0.3, 0.4) is 0 Å². The van der Waals surface area contributed by atoms with E-state index < -0.39 is 0 Å². The van der Waals surface area contributed by atoms with Gasteiger partial charge in [-0.15, -0.1) is 0 Å². The number of hydrogen-bond acceptors (Lipinski definition) is 1. The summed E-state index contributed by atoms with van der Waals surface area (Å²) >= 11 is 3.56. The van der Waals surface area contributed by atoms with Gasteiger partial charge in [-0.2, -0.15) is 0 Å². The molecular formula is C18H19BrFN. The van der Waals surface area contributed by atoms with Crippen molar-refractivity contribution in [1.29, 1.82) is 0 Å². The van der Waals surface area contributed by atoms with Gasteiger partial charge < -0.3 is 5.32 Å². The van der Waals surface area contributed by atoms with Crippen LogP contribution in [0.15, 0.2) is 46.9 Å². The molecule has 0 bridgehead atoms. The summed E-state index contributed by atoms with van der Waals surface area (Å²) in [6.45, 7) is 0. The second-order valence-electron chi connectivity index (χ2n) is 5.64. The number of halogens is 2. The SMILES string of the molecule is CNC(c1cc(F)ccc1Br)c1ccccc1C1CCC1. The lowest BCUT2D eigenvalue weighted by Gasteiger charge is -2.31. The van der Waals surface area contributed by atoms with E-state index in [1.54, 1.807) is 12.1 Å². The van der Waals surface area contributed by atoms with Gasteiger partial charge in [-0.1, -0.05) is 46.6 Å². The summed E-state index contributed by atoms with van der Waals surface area (Å²) in [4.78, 5) is 0. The second-order valence-corrected chi connectivity index (χ2v) is 6.50. The average molecular weight is 348 g/mol. The van der Waals surface area contributed by atoms with Crippen molar-refractivity contribution in [2.24, 2.45) is 0 Å². The minimum absolute atomic E-state index is 0.00637. The van der Waals surface area contributed by atoms with Crippen molar-refractivity contribution in [3.63, 3.8) is 0 Å². The van der Waals surface area contributed by atoms with E-state index in [0.717, 1.165) is 10.0 Å². The number of nitrogens with one attached hydrogen (secondary N) is 1. The fourth-order valence-electron chi connectivity index (χ4n) is 3.08. The van der Waals surface area contributed by atoms with Gasteiger partial charge in [0, 0.05) is 4.47 Å². The molecule has 0 radical (unpaired) electrons. The van der Waals surface area contributed by atoms with Crippen LogP contribution < -0.4 is 5.32 Å². The van der Waals surface area contributed by atoms with Crippen molar-refractivity contribution in [2.75, 3.05) is 7.05 Å². The Balaban J connectivity index is 2.06. The monoisotopic (exact) mass is 347 g/mol. The van der Waals surface area contributed by atoms with Crippen LogP contribution in [0.4, 0.5) is 4.39 Å². The second kappa shape index (κ2) is 6.29. The Morgan fingerprint density at radius 3 is 2.57 bits per heavy atom. The molecule has 21 heavy (non-hydrogen) atoms. The maximum absolute atomic E-state index is 13.6. The van der Waals surface area contributed by atoms with E-state index in [-0.39, 0.29) is 11.9 Å². The molecule has 0 heterocycles. The maximum atomic E-state index is 13.6. The van der Waals surface area contributed by atoms with Gasteiger partial charge in [0.1, 0.15) is 5.82 Å². The standard InChI is InChI=1S/C18H19BrFN/c1-21-18(16-11-13(20)9-10-17(16)19)15-8-3-2-7-14(15)12-5-4-6-12/h2-3,7-12,18,21H,4-6H2,1H3. The zero-order valence-corrected chi connectivity index (χ0v) is 13.7. The molecule has 1 unspecified atom stereocenters. The van der Waals surface area contributed by atoms with Gasteiger partial charge in [0.05, 0.1) is 6.04 Å². The zero-order valence-electron chi connectivity index (χ0n) is 12.1. The average Bonchev–Trinajstić information content (AvgIpc) is 2.43. The summed E-state index contributed by atoms with van der Waals surface area (Å²) in [6.07, 6.45) is 3.84. The molecule has 0 aliphatic heterocycles. The molecule has 1 saturated carbocycles. The molecule has 2 aromatic carbocycles. The van der Waals surface area contributed by atoms with Gasteiger partial charge in [0.15, 0.2) is 0 Å². The van der Waals surface area contributed by atoms with Crippen molar-refractivity contribution >= 4 is 15.9 Å². The molecule has 1 N–H and O–H groups in total. The fraction of sp³-hybridized carbons (Fsp3) is 0.333. The van der Waals surface area contributed by atoms with Crippen molar-refractivity contribution in [2.45, 2.75) is 31.2 Å². The van der Waals surface area contributed by atoms with Gasteiger partial charge in [-0.25, -0.2) is 4.39 Å². The van der Waals surface area contributed by atoms with Crippen molar-refractivity contribution in [3.8, 4) is 0 Å². The Bertz CT molecular complexity index is 637. The first-order valence-corrected chi connectivity index (χ1v) is 8.21. The Labute approximate surface area is 133 Å². The first kappa shape index (κ1) is 14.7. The summed E-state index contributed by atoms with van der Waals surface area (Å²) < 4.78 is 14.6. The molecule has 3 heteroatoms. The predicted molar refractivity (Wildman–Crippen MR) is 88.0 cm³/mol. The van der Waals surface area contributed by atoms with Crippen molar-refractivity contribution in [3.05, 3.63) is 69.4 Å². The minimum Gasteiger partial charge on any atom is -0.309 e. The van der Waals surface area contributed by atoms with Gasteiger partial charge in [-0.3, -0.25) is 0 Å². The minimum atomic E-state index is -0.199. The molecule has 1 nitrogen and oxygen atoms in total. The quantitative estimate of drug-likeness (QED) is 0.804. The van der Waals surface area contributed by atoms with Crippen LogP contribution >= 0.6 is 15.9 Å². The Hall–Kier alpha value is -1.19. The summed E-state index contributed by atoms with van der Waals surface area (Å²) in [5.41, 5.74) is 3.61. The largest absolute Gasteiger partial charge is 0.309 e. The topological polar surface area (TPSA) is 12.0 Å². The third kappa shape index (κ3) is 2.90. The van der Waals surface area contributed by atoms with E-state index in [4.69, 9.17) is 0 Å². The smallest absolute Gasteiger partial charge is 0.123 e. The Morgan fingerprint density at radius 1 is 1.14 bits per heavy atom. The zero-order chi connectivity index (χ0) is 14.8. The summed E-state index contributed by atoms with van der Waals surface area (Å²) in [5, 5.41) is 3.35. The first-order valence-electron chi connectivity index (χ1n) is 7.41. The van der Waals surface area contributed by atoms with Crippen LogP contribution in [0, 0.1) is 5.82 Å². The molecular weight excluding hydrogens is 329 g/mol. The third-order valence-corrected chi connectivity index (χ3v) is 5.13. The van der Waals surface area contributed by atoms with Crippen LogP contribution in [0.5, 0.6) is 0 Å². The van der Waals surface area contributed by atoms with Crippen molar-refractivity contribution in [1.82, 2.24) is 5.32 Å². The fourth-order valence-corrected chi connectivity index (χ4v) is 3.55. The van der Waals surface area contributed by atoms with Gasteiger partial charge in [0.2, 0.25) is 0 Å². The first-order chi connectivity index (χ1) is 10.2. The maximum Gasteiger partial charge on any atom is 0.123 e. The Kier molecular flexibility index (Phi) is 4.41. The van der Waals surface area contributed by atoms with Gasteiger partial charge in [0.25, 0.3) is 0 Å². The van der Waals surface area contributed by atoms with Crippen LogP contribution in [0.25, 0.3) is 0 Å². The van der Waals surface area contributed by atoms with Gasteiger partial charge >= 0.3 is 0 Å². The molecule has 1 aliphatic carbocycles. The van der Waals surface area contributed by atoms with E-state index in [0.29, 0.717) is 5.92 Å². The highest BCUT2D eigenvalue weighted by Crippen LogP contribution is 2.41. The van der Waals surface area contributed by atoms with Crippen LogP contribution in [0.1, 0.15) is 47.9 Å². The van der Waals surface area contributed by atoms with E-state index in [2.05, 4.69) is 45.5 Å². The summed E-state index contributed by atoms with van der Waals surface area (Å²) in [5.74, 6) is 0.457. The summed E-state index contributed by atoms with van der Waals surface area (Å²) in [6, 6.07) is 13.4. The normalized spacial score (nSPS) is 16.5. The van der Waals surface area contributed by atoms with E-state index >= 15 is 0 Å². The van der Waals surface area contributed by atoms with E-state index in [1.807, 2.05) is 7.05 Å². The van der Waals surface area contributed by atoms with Gasteiger partial charge in [-0.05, 0) is 60.7 Å². The molecule has 0 saturated heterocycles. The Morgan fingerprint density at radius 2 is 1.90 bits per heavy atom. The molecule has 1 aliphatic rings. The van der Waals surface area contributed by atoms with Crippen LogP contribution in [-0.4, -0.2) is 7.05 Å². The lowest BCUT2D eigenvalue weighted by Crippen LogP contribution is -2.22. The molecule has 3 rings (SSSR count). The highest BCUT2D eigenvalue weighted by molar-refractivity contribution is 9.10. The number of hydrogen-bond donors (Lipinski definition) is 1. The highest BCUT2D eigenvalue weighted by Gasteiger charge is 2.26. The number of rotatable bonds is 4.